The summed E-state index contributed by atoms with van der Waals surface area (Å²) in [6, 6.07) is 13.4. The number of hydrogen-bond donors (Lipinski definition) is 3. The minimum absolute atomic E-state index is 0.248. The Bertz CT molecular complexity index is 1590. The highest BCUT2D eigenvalue weighted by Crippen LogP contribution is 2.41. The molecule has 0 saturated carbocycles. The van der Waals surface area contributed by atoms with E-state index >= 15 is 0 Å². The molecule has 1 atom stereocenters. The van der Waals surface area contributed by atoms with E-state index < -0.39 is 12.9 Å². The molecular formula is C26H30ClN8O2P. The minimum Gasteiger partial charge on any atom is -0.369 e. The maximum atomic E-state index is 12.8. The van der Waals surface area contributed by atoms with Crippen LogP contribution in [0.2, 0.25) is 5.02 Å². The summed E-state index contributed by atoms with van der Waals surface area (Å²) < 4.78 is 14.8. The molecule has 5 aliphatic rings. The zero-order valence-electron chi connectivity index (χ0n) is 21.7. The first-order valence-electron chi connectivity index (χ1n) is 12.4. The largest absolute Gasteiger partial charge is 0.369 e. The maximum Gasteiger partial charge on any atom is 0.244 e. The van der Waals surface area contributed by atoms with Crippen molar-refractivity contribution in [1.82, 2.24) is 19.7 Å². The van der Waals surface area contributed by atoms with Crippen molar-refractivity contribution in [2.75, 3.05) is 47.1 Å². The summed E-state index contributed by atoms with van der Waals surface area (Å²) in [5, 5.41) is 23.4. The molecule has 5 aliphatic heterocycles. The first-order valence-corrected chi connectivity index (χ1v) is 15.4. The van der Waals surface area contributed by atoms with Crippen LogP contribution in [0.3, 0.4) is 0 Å². The second-order valence-corrected chi connectivity index (χ2v) is 14.3. The lowest BCUT2D eigenvalue weighted by Gasteiger charge is -2.46. The van der Waals surface area contributed by atoms with E-state index in [1.807, 2.05) is 54.2 Å². The Morgan fingerprint density at radius 2 is 1.95 bits per heavy atom. The van der Waals surface area contributed by atoms with Crippen LogP contribution in [0.4, 0.5) is 29.0 Å². The molecule has 2 aromatic carbocycles. The van der Waals surface area contributed by atoms with Gasteiger partial charge in [0, 0.05) is 37.2 Å². The fourth-order valence-electron chi connectivity index (χ4n) is 5.45. The number of hydrazine groups is 1. The maximum absolute atomic E-state index is 12.8. The summed E-state index contributed by atoms with van der Waals surface area (Å²) in [5.74, 6) is 2.03. The monoisotopic (exact) mass is 552 g/mol. The van der Waals surface area contributed by atoms with E-state index in [9.17, 15) is 9.67 Å². The van der Waals surface area contributed by atoms with Gasteiger partial charge in [0.25, 0.3) is 0 Å². The highest BCUT2D eigenvalue weighted by Gasteiger charge is 2.40. The van der Waals surface area contributed by atoms with Crippen LogP contribution in [0, 0.1) is 5.92 Å². The van der Waals surface area contributed by atoms with E-state index in [0.717, 1.165) is 35.5 Å². The van der Waals surface area contributed by atoms with Crippen molar-refractivity contribution in [2.45, 2.75) is 19.1 Å². The summed E-state index contributed by atoms with van der Waals surface area (Å²) in [7, 11) is -0.586. The van der Waals surface area contributed by atoms with Crippen molar-refractivity contribution in [3.8, 4) is 0 Å². The molecule has 4 aromatic rings. The molecule has 1 unspecified atom stereocenters. The first kappa shape index (κ1) is 25.0. The van der Waals surface area contributed by atoms with Gasteiger partial charge in [0.15, 0.2) is 11.5 Å². The second-order valence-electron chi connectivity index (χ2n) is 10.7. The van der Waals surface area contributed by atoms with Gasteiger partial charge in [0.05, 0.1) is 23.1 Å². The Balaban J connectivity index is 1.38. The number of rotatable bonds is 5. The molecule has 38 heavy (non-hydrogen) atoms. The molecule has 10 nitrogen and oxygen atoms in total. The van der Waals surface area contributed by atoms with Gasteiger partial charge in [-0.2, -0.15) is 10.1 Å². The predicted molar refractivity (Wildman–Crippen MR) is 154 cm³/mol. The predicted octanol–water partition coefficient (Wildman–Crippen LogP) is 4.39. The smallest absolute Gasteiger partial charge is 0.244 e. The van der Waals surface area contributed by atoms with Crippen LogP contribution in [0.25, 0.3) is 10.9 Å². The molecule has 6 bridgehead atoms. The van der Waals surface area contributed by atoms with Crippen molar-refractivity contribution in [2.24, 2.45) is 13.0 Å². The lowest BCUT2D eigenvalue weighted by Crippen LogP contribution is -2.56. The summed E-state index contributed by atoms with van der Waals surface area (Å²) in [6.07, 6.45) is 2.05. The standard InChI is InChI=1S/C26H30ClN8O2P/c1-26(36)12-16-14-34(15-16)24-18-10-9-17(11-21(18)31-33(24)2)35(26)32-25-28-13-19(27)23(30-25)29-20-7-5-6-8-22(20)38(3,4)37/h5-11,13,16,36H,12,14-15H2,1-4H3,(H2,28,29,30,32). The van der Waals surface area contributed by atoms with Gasteiger partial charge in [-0.25, -0.2) is 4.98 Å². The number of anilines is 5. The molecule has 0 aliphatic carbocycles. The van der Waals surface area contributed by atoms with Gasteiger partial charge in [0.2, 0.25) is 5.95 Å². The highest BCUT2D eigenvalue weighted by molar-refractivity contribution is 7.70. The Morgan fingerprint density at radius 3 is 2.71 bits per heavy atom. The van der Waals surface area contributed by atoms with E-state index in [2.05, 4.69) is 25.6 Å². The molecule has 0 radical (unpaired) electrons. The Kier molecular flexibility index (Phi) is 5.83. The average Bonchev–Trinajstić information content (AvgIpc) is 3.13. The molecule has 7 heterocycles. The fourth-order valence-corrected chi connectivity index (χ4v) is 6.74. The van der Waals surface area contributed by atoms with Gasteiger partial charge < -0.3 is 19.9 Å². The Labute approximate surface area is 226 Å². The molecule has 1 saturated heterocycles. The molecule has 2 aromatic heterocycles. The lowest BCUT2D eigenvalue weighted by atomic mass is 9.90. The fraction of sp³-hybridized carbons (Fsp3) is 0.346. The van der Waals surface area contributed by atoms with E-state index in [1.165, 1.54) is 6.20 Å². The topological polar surface area (TPSA) is 111 Å². The second kappa shape index (κ2) is 8.86. The molecule has 12 heteroatoms. The number of nitrogens with zero attached hydrogens (tertiary/aromatic N) is 6. The summed E-state index contributed by atoms with van der Waals surface area (Å²) in [4.78, 5) is 11.3. The molecule has 9 rings (SSSR count). The zero-order chi connectivity index (χ0) is 26.8. The number of benzene rings is 2. The number of halogens is 1. The van der Waals surface area contributed by atoms with Crippen molar-refractivity contribution in [3.05, 3.63) is 53.7 Å². The Morgan fingerprint density at radius 1 is 1.18 bits per heavy atom. The van der Waals surface area contributed by atoms with Crippen LogP contribution in [0.15, 0.2) is 48.7 Å². The third-order valence-corrected chi connectivity index (χ3v) is 8.98. The Hall–Kier alpha value is -3.33. The van der Waals surface area contributed by atoms with Crippen LogP contribution >= 0.6 is 18.7 Å². The number of para-hydroxylation sites is 1. The van der Waals surface area contributed by atoms with E-state index in [4.69, 9.17) is 16.7 Å². The van der Waals surface area contributed by atoms with Gasteiger partial charge in [-0.05, 0) is 56.5 Å². The van der Waals surface area contributed by atoms with Gasteiger partial charge >= 0.3 is 0 Å². The number of aliphatic hydroxyl groups is 1. The summed E-state index contributed by atoms with van der Waals surface area (Å²) in [5.41, 5.74) is 4.23. The summed E-state index contributed by atoms with van der Waals surface area (Å²) >= 11 is 6.46. The molecule has 0 amide bonds. The van der Waals surface area contributed by atoms with Gasteiger partial charge in [-0.15, -0.1) is 0 Å². The normalized spacial score (nSPS) is 20.9. The quantitative estimate of drug-likeness (QED) is 0.310. The van der Waals surface area contributed by atoms with Gasteiger partial charge in [-0.3, -0.25) is 15.1 Å². The first-order chi connectivity index (χ1) is 18.0. The van der Waals surface area contributed by atoms with Crippen LogP contribution in [-0.4, -0.2) is 57.0 Å². The lowest BCUT2D eigenvalue weighted by molar-refractivity contribution is 0.0297. The molecule has 198 valence electrons. The molecule has 3 N–H and O–H groups in total. The number of aryl methyl sites for hydroxylation is 1. The molecule has 1 fully saturated rings. The van der Waals surface area contributed by atoms with Gasteiger partial charge in [-0.1, -0.05) is 23.7 Å². The SMILES string of the molecule is Cn1nc2cc3ccc2c1N1CC(C1)CC(C)(O)N3Nc1ncc(Cl)c(Nc2ccccc2P(C)(C)=O)n1. The van der Waals surface area contributed by atoms with E-state index in [-0.39, 0.29) is 5.95 Å². The summed E-state index contributed by atoms with van der Waals surface area (Å²) in [6.45, 7) is 6.94. The van der Waals surface area contributed by atoms with Crippen molar-refractivity contribution >= 4 is 63.9 Å². The highest BCUT2D eigenvalue weighted by atomic mass is 35.5. The third-order valence-electron chi connectivity index (χ3n) is 7.15. The van der Waals surface area contributed by atoms with Crippen LogP contribution in [0.5, 0.6) is 0 Å². The van der Waals surface area contributed by atoms with Crippen LogP contribution in [0.1, 0.15) is 13.3 Å². The van der Waals surface area contributed by atoms with Crippen LogP contribution < -0.4 is 26.0 Å². The number of nitrogens with one attached hydrogen (secondary N) is 2. The average molecular weight is 553 g/mol. The van der Waals surface area contributed by atoms with E-state index in [1.54, 1.807) is 25.3 Å². The van der Waals surface area contributed by atoms with Crippen molar-refractivity contribution in [1.29, 1.82) is 0 Å². The van der Waals surface area contributed by atoms with Crippen LogP contribution in [-0.2, 0) is 11.6 Å². The zero-order valence-corrected chi connectivity index (χ0v) is 23.3. The molecular weight excluding hydrogens is 523 g/mol. The number of hydrogen-bond acceptors (Lipinski definition) is 9. The minimum atomic E-state index is -2.55. The third kappa shape index (κ3) is 4.36. The van der Waals surface area contributed by atoms with Crippen molar-refractivity contribution < 1.29 is 9.67 Å². The van der Waals surface area contributed by atoms with Crippen molar-refractivity contribution in [3.63, 3.8) is 0 Å². The number of aromatic nitrogens is 4. The van der Waals surface area contributed by atoms with E-state index in [0.29, 0.717) is 34.2 Å². The van der Waals surface area contributed by atoms with Gasteiger partial charge in [0.1, 0.15) is 18.0 Å². The molecule has 0 spiro atoms.